The molecule has 0 spiro atoms. The molecule has 0 saturated heterocycles. The minimum Gasteiger partial charge on any atom is -0.495 e. The van der Waals surface area contributed by atoms with Crippen LogP contribution in [0.5, 0.6) is 5.75 Å². The van der Waals surface area contributed by atoms with Gasteiger partial charge in [-0.1, -0.05) is 26.8 Å². The normalized spacial score (nSPS) is 12.7. The lowest BCUT2D eigenvalue weighted by Crippen LogP contribution is -2.28. The molecule has 0 aromatic heterocycles. The molecule has 1 aromatic rings. The molecule has 98 valence electrons. The quantitative estimate of drug-likeness (QED) is 0.820. The van der Waals surface area contributed by atoms with Crippen LogP contribution in [-0.2, 0) is 5.41 Å². The van der Waals surface area contributed by atoms with E-state index in [2.05, 4.69) is 39.0 Å². The van der Waals surface area contributed by atoms with Crippen molar-refractivity contribution in [3.05, 3.63) is 23.8 Å². The number of ether oxygens (including phenoxy) is 1. The van der Waals surface area contributed by atoms with E-state index in [-0.39, 0.29) is 11.5 Å². The molecule has 3 heteroatoms. The molecule has 0 bridgehead atoms. The van der Waals surface area contributed by atoms with E-state index in [0.29, 0.717) is 0 Å². The average molecular weight is 246 g/mol. The van der Waals surface area contributed by atoms with Crippen molar-refractivity contribution in [2.75, 3.05) is 19.1 Å². The van der Waals surface area contributed by atoms with Gasteiger partial charge in [0.25, 0.3) is 0 Å². The summed E-state index contributed by atoms with van der Waals surface area (Å²) >= 11 is 0. The van der Waals surface area contributed by atoms with Crippen LogP contribution in [0, 0.1) is 11.3 Å². The highest BCUT2D eigenvalue weighted by Crippen LogP contribution is 2.34. The van der Waals surface area contributed by atoms with Crippen molar-refractivity contribution in [2.24, 2.45) is 0 Å². The molecular weight excluding hydrogens is 224 g/mol. The van der Waals surface area contributed by atoms with E-state index in [1.54, 1.807) is 7.11 Å². The van der Waals surface area contributed by atoms with Gasteiger partial charge >= 0.3 is 0 Å². The summed E-state index contributed by atoms with van der Waals surface area (Å²) in [5, 5.41) is 9.03. The van der Waals surface area contributed by atoms with Gasteiger partial charge in [-0.2, -0.15) is 5.26 Å². The van der Waals surface area contributed by atoms with E-state index < -0.39 is 0 Å². The second kappa shape index (κ2) is 5.30. The highest BCUT2D eigenvalue weighted by atomic mass is 16.5. The van der Waals surface area contributed by atoms with Crippen LogP contribution in [0.4, 0.5) is 5.69 Å². The summed E-state index contributed by atoms with van der Waals surface area (Å²) in [5.41, 5.74) is 2.27. The minimum atomic E-state index is -0.186. The molecule has 3 nitrogen and oxygen atoms in total. The Bertz CT molecular complexity index is 455. The van der Waals surface area contributed by atoms with Crippen molar-refractivity contribution >= 4 is 5.69 Å². The van der Waals surface area contributed by atoms with Gasteiger partial charge in [-0.15, -0.1) is 0 Å². The second-order valence-electron chi connectivity index (χ2n) is 5.55. The van der Waals surface area contributed by atoms with Crippen LogP contribution in [0.25, 0.3) is 0 Å². The number of hydrogen-bond acceptors (Lipinski definition) is 3. The lowest BCUT2D eigenvalue weighted by atomic mass is 9.86. The van der Waals surface area contributed by atoms with Crippen molar-refractivity contribution in [2.45, 2.75) is 39.2 Å². The molecule has 0 heterocycles. The number of nitriles is 1. The maximum atomic E-state index is 9.03. The molecule has 0 aliphatic heterocycles. The molecule has 1 aromatic carbocycles. The topological polar surface area (TPSA) is 36.3 Å². The number of hydrogen-bond donors (Lipinski definition) is 0. The zero-order valence-electron chi connectivity index (χ0n) is 12.1. The summed E-state index contributed by atoms with van der Waals surface area (Å²) in [7, 11) is 3.57. The highest BCUT2D eigenvalue weighted by Gasteiger charge is 2.19. The fourth-order valence-electron chi connectivity index (χ4n) is 1.73. The first-order valence-electron chi connectivity index (χ1n) is 6.12. The van der Waals surface area contributed by atoms with Gasteiger partial charge in [0, 0.05) is 7.05 Å². The van der Waals surface area contributed by atoms with Gasteiger partial charge in [0.2, 0.25) is 0 Å². The number of rotatable bonds is 3. The summed E-state index contributed by atoms with van der Waals surface area (Å²) in [6.07, 6.45) is 0. The van der Waals surface area contributed by atoms with E-state index in [4.69, 9.17) is 10.00 Å². The van der Waals surface area contributed by atoms with Crippen LogP contribution in [0.15, 0.2) is 18.2 Å². The molecule has 0 N–H and O–H groups in total. The Hall–Kier alpha value is -1.69. The maximum absolute atomic E-state index is 9.03. The Morgan fingerprint density at radius 3 is 2.39 bits per heavy atom. The summed E-state index contributed by atoms with van der Waals surface area (Å²) in [6, 6.07) is 8.21. The molecule has 0 radical (unpaired) electrons. The van der Waals surface area contributed by atoms with E-state index in [9.17, 15) is 0 Å². The number of nitrogens with zero attached hydrogens (tertiary/aromatic N) is 2. The Kier molecular flexibility index (Phi) is 4.24. The Labute approximate surface area is 110 Å². The van der Waals surface area contributed by atoms with Crippen LogP contribution < -0.4 is 9.64 Å². The maximum Gasteiger partial charge on any atom is 0.142 e. The zero-order valence-corrected chi connectivity index (χ0v) is 12.1. The van der Waals surface area contributed by atoms with Gasteiger partial charge < -0.3 is 9.64 Å². The fraction of sp³-hybridized carbons (Fsp3) is 0.533. The van der Waals surface area contributed by atoms with Gasteiger partial charge in [-0.25, -0.2) is 0 Å². The summed E-state index contributed by atoms with van der Waals surface area (Å²) in [5.74, 6) is 0.799. The average Bonchev–Trinajstić information content (AvgIpc) is 2.35. The van der Waals surface area contributed by atoms with Crippen molar-refractivity contribution in [3.8, 4) is 11.8 Å². The highest BCUT2D eigenvalue weighted by molar-refractivity contribution is 5.61. The van der Waals surface area contributed by atoms with Crippen molar-refractivity contribution in [3.63, 3.8) is 0 Å². The standard InChI is InChI=1S/C15H22N2O/c1-11(10-16)17(5)13-9-12(15(2,3)4)7-8-14(13)18-6/h7-9,11H,1-6H3. The molecule has 0 aliphatic carbocycles. The SMILES string of the molecule is COc1ccc(C(C)(C)C)cc1N(C)C(C)C#N. The van der Waals surface area contributed by atoms with Gasteiger partial charge in [-0.3, -0.25) is 0 Å². The fourth-order valence-corrected chi connectivity index (χ4v) is 1.73. The van der Waals surface area contributed by atoms with Crippen LogP contribution in [0.1, 0.15) is 33.3 Å². The smallest absolute Gasteiger partial charge is 0.142 e. The molecule has 0 amide bonds. The van der Waals surface area contributed by atoms with Crippen molar-refractivity contribution in [1.82, 2.24) is 0 Å². The van der Waals surface area contributed by atoms with Gasteiger partial charge in [0.05, 0.1) is 18.9 Å². The third-order valence-electron chi connectivity index (χ3n) is 3.19. The zero-order chi connectivity index (χ0) is 13.9. The van der Waals surface area contributed by atoms with Crippen molar-refractivity contribution in [1.29, 1.82) is 5.26 Å². The first-order valence-corrected chi connectivity index (χ1v) is 6.12. The molecule has 0 fully saturated rings. The molecule has 0 aliphatic rings. The summed E-state index contributed by atoms with van der Waals surface area (Å²) in [6.45, 7) is 8.40. The minimum absolute atomic E-state index is 0.0811. The molecule has 1 rings (SSSR count). The van der Waals surface area contributed by atoms with E-state index in [1.807, 2.05) is 24.9 Å². The van der Waals surface area contributed by atoms with E-state index in [1.165, 1.54) is 5.56 Å². The lowest BCUT2D eigenvalue weighted by molar-refractivity contribution is 0.414. The van der Waals surface area contributed by atoms with Gasteiger partial charge in [-0.05, 0) is 30.0 Å². The van der Waals surface area contributed by atoms with Crippen LogP contribution in [0.3, 0.4) is 0 Å². The predicted octanol–water partition coefficient (Wildman–Crippen LogP) is 3.34. The van der Waals surface area contributed by atoms with Crippen LogP contribution in [-0.4, -0.2) is 20.2 Å². The Morgan fingerprint density at radius 2 is 1.94 bits per heavy atom. The third kappa shape index (κ3) is 2.95. The van der Waals surface area contributed by atoms with E-state index in [0.717, 1.165) is 11.4 Å². The number of methoxy groups -OCH3 is 1. The summed E-state index contributed by atoms with van der Waals surface area (Å²) < 4.78 is 5.38. The molecule has 18 heavy (non-hydrogen) atoms. The largest absolute Gasteiger partial charge is 0.495 e. The third-order valence-corrected chi connectivity index (χ3v) is 3.19. The second-order valence-corrected chi connectivity index (χ2v) is 5.55. The van der Waals surface area contributed by atoms with Gasteiger partial charge in [0.1, 0.15) is 11.8 Å². The first kappa shape index (κ1) is 14.4. The van der Waals surface area contributed by atoms with Crippen LogP contribution in [0.2, 0.25) is 0 Å². The van der Waals surface area contributed by atoms with Crippen molar-refractivity contribution < 1.29 is 4.74 Å². The van der Waals surface area contributed by atoms with Gasteiger partial charge in [0.15, 0.2) is 0 Å². The summed E-state index contributed by atoms with van der Waals surface area (Å²) in [4.78, 5) is 1.94. The first-order chi connectivity index (χ1) is 8.31. The lowest BCUT2D eigenvalue weighted by Gasteiger charge is -2.27. The van der Waals surface area contributed by atoms with Crippen LogP contribution >= 0.6 is 0 Å². The molecule has 1 atom stereocenters. The Balaban J connectivity index is 3.27. The monoisotopic (exact) mass is 246 g/mol. The predicted molar refractivity (Wildman–Crippen MR) is 75.2 cm³/mol. The molecule has 0 saturated carbocycles. The Morgan fingerprint density at radius 1 is 1.33 bits per heavy atom. The van der Waals surface area contributed by atoms with E-state index >= 15 is 0 Å². The molecule has 1 unspecified atom stereocenters. The number of anilines is 1. The molecular formula is C15H22N2O. The number of benzene rings is 1.